The van der Waals surface area contributed by atoms with Gasteiger partial charge in [-0.3, -0.25) is 4.79 Å². The topological polar surface area (TPSA) is 71.5 Å². The van der Waals surface area contributed by atoms with E-state index in [0.717, 1.165) is 18.9 Å². The second kappa shape index (κ2) is 8.48. The second-order valence-electron chi connectivity index (χ2n) is 5.22. The summed E-state index contributed by atoms with van der Waals surface area (Å²) >= 11 is 6.09. The highest BCUT2D eigenvalue weighted by Crippen LogP contribution is 2.24. The maximum atomic E-state index is 12.4. The van der Waals surface area contributed by atoms with Crippen molar-refractivity contribution in [3.05, 3.63) is 52.7 Å². The number of anilines is 2. The van der Waals surface area contributed by atoms with Gasteiger partial charge in [-0.05, 0) is 44.2 Å². The fraction of sp³-hybridized carbons (Fsp3) is 0.278. The monoisotopic (exact) mass is 361 g/mol. The summed E-state index contributed by atoms with van der Waals surface area (Å²) in [6, 6.07) is 8.04. The fourth-order valence-electron chi connectivity index (χ4n) is 2.32. The van der Waals surface area contributed by atoms with Gasteiger partial charge in [0.2, 0.25) is 0 Å². The normalized spacial score (nSPS) is 10.2. The van der Waals surface area contributed by atoms with Gasteiger partial charge in [-0.2, -0.15) is 0 Å². The van der Waals surface area contributed by atoms with Gasteiger partial charge in [-0.25, -0.2) is 9.78 Å². The van der Waals surface area contributed by atoms with Crippen LogP contribution in [-0.4, -0.2) is 37.1 Å². The molecule has 1 heterocycles. The third-order valence-corrected chi connectivity index (χ3v) is 4.06. The molecular weight excluding hydrogens is 342 g/mol. The van der Waals surface area contributed by atoms with Crippen molar-refractivity contribution in [1.82, 2.24) is 4.98 Å². The van der Waals surface area contributed by atoms with Crippen LogP contribution in [0.2, 0.25) is 5.02 Å². The van der Waals surface area contributed by atoms with Gasteiger partial charge in [-0.1, -0.05) is 11.6 Å². The summed E-state index contributed by atoms with van der Waals surface area (Å²) in [6.07, 6.45) is 1.51. The zero-order chi connectivity index (χ0) is 18.4. The van der Waals surface area contributed by atoms with Crippen molar-refractivity contribution in [1.29, 1.82) is 0 Å². The van der Waals surface area contributed by atoms with Crippen LogP contribution in [0.15, 0.2) is 36.5 Å². The van der Waals surface area contributed by atoms with Crippen LogP contribution in [0.5, 0.6) is 0 Å². The number of nitrogens with one attached hydrogen (secondary N) is 1. The number of halogens is 1. The molecule has 6 nitrogen and oxygen atoms in total. The molecule has 132 valence electrons. The molecule has 2 rings (SSSR count). The van der Waals surface area contributed by atoms with Gasteiger partial charge in [0.15, 0.2) is 0 Å². The van der Waals surface area contributed by atoms with E-state index in [1.54, 1.807) is 12.1 Å². The third kappa shape index (κ3) is 4.48. The van der Waals surface area contributed by atoms with Crippen LogP contribution in [-0.2, 0) is 4.74 Å². The van der Waals surface area contributed by atoms with Crippen LogP contribution >= 0.6 is 11.6 Å². The lowest BCUT2D eigenvalue weighted by Gasteiger charge is -2.19. The Balaban J connectivity index is 2.18. The fourth-order valence-corrected chi connectivity index (χ4v) is 2.48. The van der Waals surface area contributed by atoms with E-state index in [1.807, 2.05) is 13.8 Å². The average molecular weight is 362 g/mol. The summed E-state index contributed by atoms with van der Waals surface area (Å²) in [5.74, 6) is -0.0489. The van der Waals surface area contributed by atoms with Crippen LogP contribution in [0.4, 0.5) is 11.5 Å². The maximum absolute atomic E-state index is 12.4. The van der Waals surface area contributed by atoms with E-state index in [0.29, 0.717) is 21.8 Å². The standard InChI is InChI=1S/C18H20ClN3O3/c1-4-22(5-2)16-9-7-13(11-20-16)17(23)21-15-10-12(18(24)25-3)6-8-14(15)19/h6-11H,4-5H2,1-3H3,(H,21,23). The largest absolute Gasteiger partial charge is 0.465 e. The summed E-state index contributed by atoms with van der Waals surface area (Å²) in [6.45, 7) is 5.76. The van der Waals surface area contributed by atoms with Crippen molar-refractivity contribution in [2.45, 2.75) is 13.8 Å². The van der Waals surface area contributed by atoms with Crippen molar-refractivity contribution in [3.8, 4) is 0 Å². The zero-order valence-corrected chi connectivity index (χ0v) is 15.1. The van der Waals surface area contributed by atoms with Gasteiger partial charge >= 0.3 is 5.97 Å². The highest BCUT2D eigenvalue weighted by atomic mass is 35.5. The van der Waals surface area contributed by atoms with Crippen LogP contribution in [0.25, 0.3) is 0 Å². The number of esters is 1. The van der Waals surface area contributed by atoms with Crippen molar-refractivity contribution in [2.75, 3.05) is 30.4 Å². The summed E-state index contributed by atoms with van der Waals surface area (Å²) in [7, 11) is 1.29. The van der Waals surface area contributed by atoms with E-state index >= 15 is 0 Å². The van der Waals surface area contributed by atoms with E-state index in [-0.39, 0.29) is 5.91 Å². The number of pyridine rings is 1. The predicted octanol–water partition coefficient (Wildman–Crippen LogP) is 3.62. The minimum Gasteiger partial charge on any atom is -0.465 e. The van der Waals surface area contributed by atoms with Gasteiger partial charge in [-0.15, -0.1) is 0 Å². The zero-order valence-electron chi connectivity index (χ0n) is 14.4. The molecule has 1 aromatic carbocycles. The average Bonchev–Trinajstić information content (AvgIpc) is 2.64. The van der Waals surface area contributed by atoms with E-state index in [4.69, 9.17) is 11.6 Å². The third-order valence-electron chi connectivity index (χ3n) is 3.73. The molecule has 1 aromatic heterocycles. The molecule has 0 aliphatic heterocycles. The van der Waals surface area contributed by atoms with Gasteiger partial charge in [0.05, 0.1) is 28.9 Å². The molecule has 0 aliphatic carbocycles. The number of hydrogen-bond donors (Lipinski definition) is 1. The van der Waals surface area contributed by atoms with E-state index in [1.165, 1.54) is 31.5 Å². The smallest absolute Gasteiger partial charge is 0.337 e. The van der Waals surface area contributed by atoms with Crippen LogP contribution in [0, 0.1) is 0 Å². The molecular formula is C18H20ClN3O3. The Morgan fingerprint density at radius 2 is 1.84 bits per heavy atom. The number of aromatic nitrogens is 1. The number of nitrogens with zero attached hydrogens (tertiary/aromatic N) is 2. The number of ether oxygens (including phenoxy) is 1. The number of rotatable bonds is 6. The molecule has 7 heteroatoms. The lowest BCUT2D eigenvalue weighted by Crippen LogP contribution is -2.23. The Labute approximate surface area is 151 Å². The SMILES string of the molecule is CCN(CC)c1ccc(C(=O)Nc2cc(C(=O)OC)ccc2Cl)cn1. The van der Waals surface area contributed by atoms with Crippen LogP contribution in [0.1, 0.15) is 34.6 Å². The number of carbonyl (C=O) groups excluding carboxylic acids is 2. The Morgan fingerprint density at radius 1 is 1.16 bits per heavy atom. The van der Waals surface area contributed by atoms with E-state index in [2.05, 4.69) is 19.9 Å². The molecule has 25 heavy (non-hydrogen) atoms. The van der Waals surface area contributed by atoms with Gasteiger partial charge in [0, 0.05) is 19.3 Å². The Bertz CT molecular complexity index is 759. The number of benzene rings is 1. The molecule has 0 fully saturated rings. The molecule has 1 amide bonds. The predicted molar refractivity (Wildman–Crippen MR) is 98.5 cm³/mol. The lowest BCUT2D eigenvalue weighted by atomic mass is 10.2. The summed E-state index contributed by atoms with van der Waals surface area (Å²) < 4.78 is 4.67. The van der Waals surface area contributed by atoms with Crippen molar-refractivity contribution in [3.63, 3.8) is 0 Å². The molecule has 0 atom stereocenters. The highest BCUT2D eigenvalue weighted by Gasteiger charge is 2.13. The first-order valence-corrected chi connectivity index (χ1v) is 8.28. The number of methoxy groups -OCH3 is 1. The van der Waals surface area contributed by atoms with Crippen LogP contribution < -0.4 is 10.2 Å². The molecule has 0 unspecified atom stereocenters. The Morgan fingerprint density at radius 3 is 2.40 bits per heavy atom. The lowest BCUT2D eigenvalue weighted by molar-refractivity contribution is 0.0600. The molecule has 0 bridgehead atoms. The number of carbonyl (C=O) groups is 2. The van der Waals surface area contributed by atoms with Crippen molar-refractivity contribution < 1.29 is 14.3 Å². The molecule has 0 aliphatic rings. The molecule has 0 saturated carbocycles. The Hall–Kier alpha value is -2.60. The molecule has 0 spiro atoms. The molecule has 1 N–H and O–H groups in total. The van der Waals surface area contributed by atoms with Gasteiger partial charge < -0.3 is 15.0 Å². The Kier molecular flexibility index (Phi) is 6.36. The van der Waals surface area contributed by atoms with Crippen molar-refractivity contribution >= 4 is 35.0 Å². The first kappa shape index (κ1) is 18.7. The van der Waals surface area contributed by atoms with E-state index < -0.39 is 5.97 Å². The van der Waals surface area contributed by atoms with Crippen molar-refractivity contribution in [2.24, 2.45) is 0 Å². The van der Waals surface area contributed by atoms with Crippen LogP contribution in [0.3, 0.4) is 0 Å². The van der Waals surface area contributed by atoms with Gasteiger partial charge in [0.25, 0.3) is 5.91 Å². The molecule has 2 aromatic rings. The summed E-state index contributed by atoms with van der Waals surface area (Å²) in [4.78, 5) is 30.4. The first-order chi connectivity index (χ1) is 12.0. The summed E-state index contributed by atoms with van der Waals surface area (Å²) in [5.41, 5.74) is 1.04. The minimum absolute atomic E-state index is 0.303. The second-order valence-corrected chi connectivity index (χ2v) is 5.62. The van der Waals surface area contributed by atoms with Gasteiger partial charge in [0.1, 0.15) is 5.82 Å². The highest BCUT2D eigenvalue weighted by molar-refractivity contribution is 6.34. The van der Waals surface area contributed by atoms with E-state index in [9.17, 15) is 9.59 Å². The first-order valence-electron chi connectivity index (χ1n) is 7.90. The minimum atomic E-state index is -0.502. The summed E-state index contributed by atoms with van der Waals surface area (Å²) in [5, 5.41) is 3.02. The molecule has 0 radical (unpaired) electrons. The molecule has 0 saturated heterocycles. The quantitative estimate of drug-likeness (QED) is 0.795. The number of amides is 1. The number of hydrogen-bond acceptors (Lipinski definition) is 5. The maximum Gasteiger partial charge on any atom is 0.337 e.